The van der Waals surface area contributed by atoms with E-state index in [-0.39, 0.29) is 42.0 Å². The van der Waals surface area contributed by atoms with Gasteiger partial charge in [-0.2, -0.15) is 0 Å². The van der Waals surface area contributed by atoms with Crippen LogP contribution in [0.25, 0.3) is 6.08 Å². The van der Waals surface area contributed by atoms with Crippen molar-refractivity contribution in [3.05, 3.63) is 52.7 Å². The molecule has 1 aliphatic rings. The number of hydrogen-bond donors (Lipinski definition) is 2. The van der Waals surface area contributed by atoms with Crippen molar-refractivity contribution < 1.29 is 38.1 Å². The Morgan fingerprint density at radius 2 is 1.84 bits per heavy atom. The highest BCUT2D eigenvalue weighted by molar-refractivity contribution is 6.32. The Morgan fingerprint density at radius 3 is 2.54 bits per heavy atom. The van der Waals surface area contributed by atoms with Gasteiger partial charge in [-0.25, -0.2) is 14.5 Å². The van der Waals surface area contributed by atoms with Crippen molar-refractivity contribution in [1.29, 1.82) is 0 Å². The van der Waals surface area contributed by atoms with Gasteiger partial charge in [0.1, 0.15) is 18.0 Å². The van der Waals surface area contributed by atoms with Gasteiger partial charge in [0.2, 0.25) is 5.91 Å². The van der Waals surface area contributed by atoms with Gasteiger partial charge in [-0.15, -0.1) is 0 Å². The monoisotopic (exact) mass is 531 g/mol. The molecule has 11 nitrogen and oxygen atoms in total. The van der Waals surface area contributed by atoms with Gasteiger partial charge in [0.25, 0.3) is 5.91 Å². The molecule has 0 saturated carbocycles. The minimum absolute atomic E-state index is 0.0613. The molecule has 1 heterocycles. The second-order valence-electron chi connectivity index (χ2n) is 7.48. The number of esters is 1. The van der Waals surface area contributed by atoms with Crippen molar-refractivity contribution >= 4 is 47.2 Å². The number of para-hydroxylation sites is 2. The van der Waals surface area contributed by atoms with Crippen LogP contribution in [0.1, 0.15) is 19.4 Å². The molecule has 3 rings (SSSR count). The molecular weight excluding hydrogens is 506 g/mol. The lowest BCUT2D eigenvalue weighted by Crippen LogP contribution is -2.38. The molecule has 1 saturated heterocycles. The zero-order chi connectivity index (χ0) is 26.9. The van der Waals surface area contributed by atoms with Gasteiger partial charge in [0.15, 0.2) is 18.1 Å². The van der Waals surface area contributed by atoms with Crippen LogP contribution >= 0.6 is 11.6 Å². The van der Waals surface area contributed by atoms with Crippen LogP contribution in [0.2, 0.25) is 5.02 Å². The second-order valence-corrected chi connectivity index (χ2v) is 7.89. The molecule has 1 aliphatic heterocycles. The molecule has 0 radical (unpaired) electrons. The standard InChI is InChI=1S/C25H26ClN3O8/c1-4-35-20-12-15(10-16(26)23(20)37-14-22(31)36-5-2)11-18-24(32)29(25(33)28-18)13-21(30)27-17-8-6-7-9-19(17)34-3/h6-12H,4-5,13-14H2,1-3H3,(H,27,30)(H,28,33)/b18-11+. The van der Waals surface area contributed by atoms with Crippen LogP contribution < -0.4 is 24.8 Å². The summed E-state index contributed by atoms with van der Waals surface area (Å²) in [5, 5.41) is 5.19. The van der Waals surface area contributed by atoms with E-state index in [9.17, 15) is 19.2 Å². The van der Waals surface area contributed by atoms with Gasteiger partial charge in [-0.05, 0) is 49.8 Å². The molecule has 196 valence electrons. The third kappa shape index (κ3) is 6.91. The average molecular weight is 532 g/mol. The first-order valence-electron chi connectivity index (χ1n) is 11.3. The van der Waals surface area contributed by atoms with Crippen molar-refractivity contribution in [2.75, 3.05) is 38.8 Å². The fraction of sp³-hybridized carbons (Fsp3) is 0.280. The van der Waals surface area contributed by atoms with Crippen molar-refractivity contribution in [3.63, 3.8) is 0 Å². The summed E-state index contributed by atoms with van der Waals surface area (Å²) < 4.78 is 21.1. The van der Waals surface area contributed by atoms with E-state index in [1.807, 2.05) is 0 Å². The Bertz CT molecular complexity index is 1230. The molecule has 0 bridgehead atoms. The summed E-state index contributed by atoms with van der Waals surface area (Å²) in [5.74, 6) is -1.05. The summed E-state index contributed by atoms with van der Waals surface area (Å²) in [6.07, 6.45) is 1.39. The Kier molecular flexibility index (Phi) is 9.33. The number of amides is 4. The molecule has 0 unspecified atom stereocenters. The number of halogens is 1. The van der Waals surface area contributed by atoms with E-state index >= 15 is 0 Å². The van der Waals surface area contributed by atoms with Crippen LogP contribution in [-0.2, 0) is 19.1 Å². The lowest BCUT2D eigenvalue weighted by Gasteiger charge is -2.14. The summed E-state index contributed by atoms with van der Waals surface area (Å²) in [6.45, 7) is 3.04. The maximum Gasteiger partial charge on any atom is 0.344 e. The number of carbonyl (C=O) groups is 4. The predicted octanol–water partition coefficient (Wildman–Crippen LogP) is 3.22. The summed E-state index contributed by atoms with van der Waals surface area (Å²) in [7, 11) is 1.46. The number of ether oxygens (including phenoxy) is 4. The maximum atomic E-state index is 12.9. The topological polar surface area (TPSA) is 132 Å². The Hall–Kier alpha value is -4.25. The fourth-order valence-electron chi connectivity index (χ4n) is 3.37. The van der Waals surface area contributed by atoms with Crippen molar-refractivity contribution in [2.24, 2.45) is 0 Å². The average Bonchev–Trinajstić information content (AvgIpc) is 3.11. The number of benzene rings is 2. The van der Waals surface area contributed by atoms with Gasteiger partial charge >= 0.3 is 12.0 Å². The second kappa shape index (κ2) is 12.6. The fourth-order valence-corrected chi connectivity index (χ4v) is 3.64. The van der Waals surface area contributed by atoms with E-state index < -0.39 is 30.4 Å². The number of anilines is 1. The molecule has 0 aromatic heterocycles. The van der Waals surface area contributed by atoms with E-state index in [1.54, 1.807) is 44.2 Å². The summed E-state index contributed by atoms with van der Waals surface area (Å²) in [5.41, 5.74) is 0.760. The Labute approximate surface area is 218 Å². The Balaban J connectivity index is 1.75. The largest absolute Gasteiger partial charge is 0.495 e. The molecule has 0 atom stereocenters. The highest BCUT2D eigenvalue weighted by atomic mass is 35.5. The number of nitrogens with one attached hydrogen (secondary N) is 2. The Morgan fingerprint density at radius 1 is 1.08 bits per heavy atom. The molecule has 1 fully saturated rings. The molecular formula is C25H26ClN3O8. The molecule has 37 heavy (non-hydrogen) atoms. The zero-order valence-electron chi connectivity index (χ0n) is 20.5. The van der Waals surface area contributed by atoms with Gasteiger partial charge in [0, 0.05) is 0 Å². The molecule has 2 N–H and O–H groups in total. The minimum atomic E-state index is -0.753. The zero-order valence-corrected chi connectivity index (χ0v) is 21.2. The van der Waals surface area contributed by atoms with E-state index in [4.69, 9.17) is 30.5 Å². The molecule has 4 amide bonds. The van der Waals surface area contributed by atoms with Gasteiger partial charge in [-0.1, -0.05) is 23.7 Å². The van der Waals surface area contributed by atoms with Crippen LogP contribution in [-0.4, -0.2) is 62.2 Å². The smallest absolute Gasteiger partial charge is 0.344 e. The minimum Gasteiger partial charge on any atom is -0.495 e. The van der Waals surface area contributed by atoms with E-state index in [0.29, 0.717) is 17.0 Å². The summed E-state index contributed by atoms with van der Waals surface area (Å²) in [4.78, 5) is 50.2. The number of urea groups is 1. The third-order valence-corrected chi connectivity index (χ3v) is 5.21. The summed E-state index contributed by atoms with van der Waals surface area (Å²) in [6, 6.07) is 9.02. The van der Waals surface area contributed by atoms with Gasteiger partial charge in [0.05, 0.1) is 31.0 Å². The normalized spacial score (nSPS) is 13.8. The number of rotatable bonds is 11. The lowest BCUT2D eigenvalue weighted by atomic mass is 10.1. The molecule has 0 aliphatic carbocycles. The van der Waals surface area contributed by atoms with Crippen molar-refractivity contribution in [1.82, 2.24) is 10.2 Å². The van der Waals surface area contributed by atoms with Crippen LogP contribution in [0.5, 0.6) is 17.2 Å². The number of imide groups is 1. The molecule has 0 spiro atoms. The van der Waals surface area contributed by atoms with Crippen LogP contribution in [0.15, 0.2) is 42.1 Å². The van der Waals surface area contributed by atoms with E-state index in [2.05, 4.69) is 10.6 Å². The van der Waals surface area contributed by atoms with Crippen molar-refractivity contribution in [3.8, 4) is 17.2 Å². The first kappa shape index (κ1) is 27.3. The third-order valence-electron chi connectivity index (χ3n) is 4.93. The number of carbonyl (C=O) groups excluding carboxylic acids is 4. The number of methoxy groups -OCH3 is 1. The number of hydrogen-bond acceptors (Lipinski definition) is 8. The SMILES string of the molecule is CCOC(=O)COc1c(Cl)cc(/C=C2/NC(=O)N(CC(=O)Nc3ccccc3OC)C2=O)cc1OCC. The van der Waals surface area contributed by atoms with Crippen molar-refractivity contribution in [2.45, 2.75) is 13.8 Å². The van der Waals surface area contributed by atoms with Crippen LogP contribution in [0.4, 0.5) is 10.5 Å². The lowest BCUT2D eigenvalue weighted by molar-refractivity contribution is -0.145. The predicted molar refractivity (Wildman–Crippen MR) is 135 cm³/mol. The van der Waals surface area contributed by atoms with E-state index in [1.165, 1.54) is 19.3 Å². The first-order valence-corrected chi connectivity index (χ1v) is 11.7. The molecule has 12 heteroatoms. The molecule has 2 aromatic carbocycles. The number of nitrogens with zero attached hydrogens (tertiary/aromatic N) is 1. The first-order chi connectivity index (χ1) is 17.8. The highest BCUT2D eigenvalue weighted by Gasteiger charge is 2.35. The maximum absolute atomic E-state index is 12.9. The van der Waals surface area contributed by atoms with Gasteiger partial charge < -0.3 is 29.6 Å². The van der Waals surface area contributed by atoms with Crippen LogP contribution in [0, 0.1) is 0 Å². The van der Waals surface area contributed by atoms with E-state index in [0.717, 1.165) is 4.90 Å². The molecule has 2 aromatic rings. The van der Waals surface area contributed by atoms with Crippen LogP contribution in [0.3, 0.4) is 0 Å². The summed E-state index contributed by atoms with van der Waals surface area (Å²) >= 11 is 6.35. The van der Waals surface area contributed by atoms with Gasteiger partial charge in [-0.3, -0.25) is 9.59 Å². The highest BCUT2D eigenvalue weighted by Crippen LogP contribution is 2.37. The quantitative estimate of drug-likeness (QED) is 0.256.